The number of thiazole rings is 1. The second-order valence-electron chi connectivity index (χ2n) is 4.26. The van der Waals surface area contributed by atoms with Crippen molar-refractivity contribution in [1.29, 1.82) is 0 Å². The van der Waals surface area contributed by atoms with Gasteiger partial charge in [0.2, 0.25) is 11.8 Å². The molecule has 1 saturated heterocycles. The summed E-state index contributed by atoms with van der Waals surface area (Å²) in [6, 6.07) is 4.87. The van der Waals surface area contributed by atoms with Gasteiger partial charge in [0.15, 0.2) is 5.13 Å². The van der Waals surface area contributed by atoms with E-state index in [1.165, 1.54) is 23.1 Å². The molecule has 1 fully saturated rings. The summed E-state index contributed by atoms with van der Waals surface area (Å²) in [5, 5.41) is 6.55. The van der Waals surface area contributed by atoms with Crippen LogP contribution in [0.1, 0.15) is 0 Å². The minimum absolute atomic E-state index is 0.113. The Balaban J connectivity index is 1.75. The van der Waals surface area contributed by atoms with Crippen LogP contribution in [0.4, 0.5) is 5.13 Å². The van der Waals surface area contributed by atoms with E-state index in [1.54, 1.807) is 6.07 Å². The third-order valence-corrected chi connectivity index (χ3v) is 4.95. The molecule has 2 heterocycles. The highest BCUT2D eigenvalue weighted by molar-refractivity contribution is 8.00. The Kier molecular flexibility index (Phi) is 3.82. The lowest BCUT2D eigenvalue weighted by molar-refractivity contribution is -0.124. The quantitative estimate of drug-likeness (QED) is 0.886. The zero-order valence-electron chi connectivity index (χ0n) is 10.2. The Hall–Kier alpha value is -1.31. The van der Waals surface area contributed by atoms with Crippen LogP contribution >= 0.6 is 34.7 Å². The number of thioether (sulfide) groups is 1. The van der Waals surface area contributed by atoms with E-state index in [4.69, 9.17) is 11.6 Å². The fourth-order valence-corrected chi connectivity index (χ4v) is 3.83. The first kappa shape index (κ1) is 13.7. The predicted octanol–water partition coefficient (Wildman–Crippen LogP) is 2.12. The molecule has 1 aromatic carbocycles. The molecule has 0 bridgehead atoms. The van der Waals surface area contributed by atoms with Crippen LogP contribution in [0.2, 0.25) is 5.02 Å². The van der Waals surface area contributed by atoms with Crippen molar-refractivity contribution in [3.8, 4) is 0 Å². The van der Waals surface area contributed by atoms with Gasteiger partial charge in [-0.3, -0.25) is 9.59 Å². The minimum Gasteiger partial charge on any atom is -0.343 e. The molecule has 0 spiro atoms. The first-order chi connectivity index (χ1) is 9.61. The van der Waals surface area contributed by atoms with Crippen molar-refractivity contribution in [2.24, 2.45) is 0 Å². The van der Waals surface area contributed by atoms with Gasteiger partial charge in [0.05, 0.1) is 16.0 Å². The number of amides is 2. The van der Waals surface area contributed by atoms with Gasteiger partial charge in [0.25, 0.3) is 0 Å². The van der Waals surface area contributed by atoms with Crippen LogP contribution in [-0.2, 0) is 9.59 Å². The van der Waals surface area contributed by atoms with Crippen LogP contribution in [0.5, 0.6) is 0 Å². The molecule has 2 aromatic rings. The van der Waals surface area contributed by atoms with Crippen molar-refractivity contribution in [1.82, 2.24) is 10.3 Å². The standard InChI is InChI=1S/C12H10ClN3O2S2/c13-6-1-2-7-9(3-6)20-12(15-7)16-11(18)8-4-19-5-10(17)14-8/h1-3,8H,4-5H2,(H,14,17)(H,15,16,18). The number of hydrogen-bond donors (Lipinski definition) is 2. The molecule has 3 rings (SSSR count). The van der Waals surface area contributed by atoms with Crippen molar-refractivity contribution in [2.45, 2.75) is 6.04 Å². The van der Waals surface area contributed by atoms with Crippen molar-refractivity contribution >= 4 is 61.9 Å². The van der Waals surface area contributed by atoms with E-state index in [9.17, 15) is 9.59 Å². The lowest BCUT2D eigenvalue weighted by Crippen LogP contribution is -2.49. The summed E-state index contributed by atoms with van der Waals surface area (Å²) in [7, 11) is 0. The number of carbonyl (C=O) groups excluding carboxylic acids is 2. The molecular weight excluding hydrogens is 318 g/mol. The smallest absolute Gasteiger partial charge is 0.249 e. The zero-order valence-corrected chi connectivity index (χ0v) is 12.6. The molecule has 1 aromatic heterocycles. The summed E-state index contributed by atoms with van der Waals surface area (Å²) in [6.45, 7) is 0. The molecule has 104 valence electrons. The molecule has 8 heteroatoms. The molecule has 2 amide bonds. The molecule has 1 aliphatic rings. The molecule has 0 aliphatic carbocycles. The van der Waals surface area contributed by atoms with Crippen molar-refractivity contribution in [2.75, 3.05) is 16.8 Å². The lowest BCUT2D eigenvalue weighted by atomic mass is 10.3. The fraction of sp³-hybridized carbons (Fsp3) is 0.250. The zero-order chi connectivity index (χ0) is 14.1. The van der Waals surface area contributed by atoms with Gasteiger partial charge in [-0.2, -0.15) is 0 Å². The minimum atomic E-state index is -0.503. The van der Waals surface area contributed by atoms with Crippen LogP contribution < -0.4 is 10.6 Å². The molecule has 1 unspecified atom stereocenters. The Morgan fingerprint density at radius 2 is 2.35 bits per heavy atom. The van der Waals surface area contributed by atoms with Gasteiger partial charge in [-0.05, 0) is 18.2 Å². The molecule has 5 nitrogen and oxygen atoms in total. The molecule has 2 N–H and O–H groups in total. The van der Waals surface area contributed by atoms with Crippen molar-refractivity contribution < 1.29 is 9.59 Å². The van der Waals surface area contributed by atoms with Crippen LogP contribution in [0, 0.1) is 0 Å². The van der Waals surface area contributed by atoms with Gasteiger partial charge in [0, 0.05) is 10.8 Å². The number of hydrogen-bond acceptors (Lipinski definition) is 5. The average molecular weight is 328 g/mol. The van der Waals surface area contributed by atoms with E-state index in [1.807, 2.05) is 12.1 Å². The highest BCUT2D eigenvalue weighted by Crippen LogP contribution is 2.28. The van der Waals surface area contributed by atoms with Crippen molar-refractivity contribution in [3.05, 3.63) is 23.2 Å². The second-order valence-corrected chi connectivity index (χ2v) is 6.75. The summed E-state index contributed by atoms with van der Waals surface area (Å²) >= 11 is 8.72. The van der Waals surface area contributed by atoms with E-state index < -0.39 is 6.04 Å². The van der Waals surface area contributed by atoms with Crippen LogP contribution in [0.25, 0.3) is 10.2 Å². The highest BCUT2D eigenvalue weighted by Gasteiger charge is 2.25. The van der Waals surface area contributed by atoms with Crippen LogP contribution in [0.15, 0.2) is 18.2 Å². The summed E-state index contributed by atoms with van der Waals surface area (Å²) in [6.07, 6.45) is 0. The second kappa shape index (κ2) is 5.59. The van der Waals surface area contributed by atoms with Crippen LogP contribution in [-0.4, -0.2) is 34.3 Å². The third kappa shape index (κ3) is 2.89. The number of benzene rings is 1. The maximum atomic E-state index is 12.1. The van der Waals surface area contributed by atoms with E-state index in [2.05, 4.69) is 15.6 Å². The normalized spacial score (nSPS) is 18.9. The first-order valence-electron chi connectivity index (χ1n) is 5.86. The van der Waals surface area contributed by atoms with Gasteiger partial charge >= 0.3 is 0 Å². The van der Waals surface area contributed by atoms with E-state index in [-0.39, 0.29) is 11.8 Å². The number of nitrogens with one attached hydrogen (secondary N) is 2. The topological polar surface area (TPSA) is 71.1 Å². The van der Waals surface area contributed by atoms with Gasteiger partial charge in [-0.1, -0.05) is 22.9 Å². The number of aromatic nitrogens is 1. The number of fused-ring (bicyclic) bond motifs is 1. The number of carbonyl (C=O) groups is 2. The summed E-state index contributed by atoms with van der Waals surface area (Å²) in [5.41, 5.74) is 0.789. The Bertz CT molecular complexity index is 688. The summed E-state index contributed by atoms with van der Waals surface area (Å²) < 4.78 is 0.912. The molecule has 0 saturated carbocycles. The molecule has 1 atom stereocenters. The monoisotopic (exact) mass is 327 g/mol. The fourth-order valence-electron chi connectivity index (χ4n) is 1.83. The largest absolute Gasteiger partial charge is 0.343 e. The van der Waals surface area contributed by atoms with Crippen LogP contribution in [0.3, 0.4) is 0 Å². The molecule has 20 heavy (non-hydrogen) atoms. The number of rotatable bonds is 2. The van der Waals surface area contributed by atoms with E-state index in [0.29, 0.717) is 21.7 Å². The average Bonchev–Trinajstić information content (AvgIpc) is 2.80. The third-order valence-electron chi connectivity index (χ3n) is 2.75. The Labute approximate surface area is 128 Å². The highest BCUT2D eigenvalue weighted by atomic mass is 35.5. The van der Waals surface area contributed by atoms with Gasteiger partial charge in [-0.25, -0.2) is 4.98 Å². The van der Waals surface area contributed by atoms with E-state index >= 15 is 0 Å². The van der Waals surface area contributed by atoms with Gasteiger partial charge < -0.3 is 10.6 Å². The molecular formula is C12H10ClN3O2S2. The van der Waals surface area contributed by atoms with Gasteiger partial charge in [-0.15, -0.1) is 11.8 Å². The lowest BCUT2D eigenvalue weighted by Gasteiger charge is -2.21. The summed E-state index contributed by atoms with van der Waals surface area (Å²) in [5.74, 6) is 0.630. The first-order valence-corrected chi connectivity index (χ1v) is 8.21. The maximum Gasteiger partial charge on any atom is 0.249 e. The van der Waals surface area contributed by atoms with Crippen molar-refractivity contribution in [3.63, 3.8) is 0 Å². The Morgan fingerprint density at radius 3 is 3.15 bits per heavy atom. The number of nitrogens with zero attached hydrogens (tertiary/aromatic N) is 1. The Morgan fingerprint density at radius 1 is 1.50 bits per heavy atom. The molecule has 0 radical (unpaired) electrons. The SMILES string of the molecule is O=C1CSCC(C(=O)Nc2nc3ccc(Cl)cc3s2)N1. The predicted molar refractivity (Wildman–Crippen MR) is 82.5 cm³/mol. The molecule has 1 aliphatic heterocycles. The van der Waals surface area contributed by atoms with Gasteiger partial charge in [0.1, 0.15) is 6.04 Å². The van der Waals surface area contributed by atoms with E-state index in [0.717, 1.165) is 10.2 Å². The summed E-state index contributed by atoms with van der Waals surface area (Å²) in [4.78, 5) is 27.6. The number of anilines is 1. The maximum absolute atomic E-state index is 12.1. The number of halogens is 1.